The lowest BCUT2D eigenvalue weighted by Crippen LogP contribution is -2.57. The first-order valence-electron chi connectivity index (χ1n) is 5.57. The largest absolute Gasteiger partial charge is 0.306 e. The van der Waals surface area contributed by atoms with Crippen molar-refractivity contribution in [1.82, 2.24) is 5.32 Å². The van der Waals surface area contributed by atoms with Gasteiger partial charge in [0.15, 0.2) is 0 Å². The van der Waals surface area contributed by atoms with Crippen molar-refractivity contribution in [2.45, 2.75) is 18.9 Å². The van der Waals surface area contributed by atoms with Crippen molar-refractivity contribution in [2.24, 2.45) is 0 Å². The Labute approximate surface area is 93.2 Å². The molecule has 1 amide bonds. The fourth-order valence-electron chi connectivity index (χ4n) is 2.62. The molecular formula is C12H13FN2O. The summed E-state index contributed by atoms with van der Waals surface area (Å²) in [6.07, 6.45) is 1.76. The standard InChI is InChI=1S/C12H13FN2O/c13-10-3-1-2-8-4-5-9-6-14-7-11(16)15(9)12(8)10/h1-3,9,14H,4-7H2. The molecule has 2 heterocycles. The number of para-hydroxylation sites is 1. The van der Waals surface area contributed by atoms with Crippen LogP contribution in [0.25, 0.3) is 0 Å². The Morgan fingerprint density at radius 1 is 1.44 bits per heavy atom. The number of amides is 1. The number of rotatable bonds is 0. The van der Waals surface area contributed by atoms with E-state index in [1.54, 1.807) is 11.0 Å². The smallest absolute Gasteiger partial charge is 0.241 e. The molecule has 2 aliphatic heterocycles. The topological polar surface area (TPSA) is 32.3 Å². The highest BCUT2D eigenvalue weighted by Crippen LogP contribution is 2.33. The van der Waals surface area contributed by atoms with Gasteiger partial charge in [-0.15, -0.1) is 0 Å². The Morgan fingerprint density at radius 2 is 2.31 bits per heavy atom. The molecule has 0 aliphatic carbocycles. The maximum absolute atomic E-state index is 13.8. The first-order chi connectivity index (χ1) is 7.77. The maximum atomic E-state index is 13.8. The molecule has 1 atom stereocenters. The van der Waals surface area contributed by atoms with Crippen LogP contribution in [0.1, 0.15) is 12.0 Å². The Balaban J connectivity index is 2.12. The summed E-state index contributed by atoms with van der Waals surface area (Å²) >= 11 is 0. The number of benzene rings is 1. The molecular weight excluding hydrogens is 207 g/mol. The van der Waals surface area contributed by atoms with Crippen LogP contribution in [0.5, 0.6) is 0 Å². The first-order valence-corrected chi connectivity index (χ1v) is 5.57. The number of hydrogen-bond acceptors (Lipinski definition) is 2. The van der Waals surface area contributed by atoms with Crippen LogP contribution in [0.3, 0.4) is 0 Å². The normalized spacial score (nSPS) is 23.9. The second kappa shape index (κ2) is 3.56. The van der Waals surface area contributed by atoms with Crippen molar-refractivity contribution in [1.29, 1.82) is 0 Å². The Hall–Kier alpha value is -1.42. The van der Waals surface area contributed by atoms with Gasteiger partial charge in [-0.1, -0.05) is 12.1 Å². The number of piperazine rings is 1. The highest BCUT2D eigenvalue weighted by atomic mass is 19.1. The molecule has 1 aromatic rings. The third-order valence-electron chi connectivity index (χ3n) is 3.35. The molecule has 0 saturated carbocycles. The van der Waals surface area contributed by atoms with E-state index in [4.69, 9.17) is 0 Å². The third kappa shape index (κ3) is 1.33. The minimum absolute atomic E-state index is 0.0256. The molecule has 1 saturated heterocycles. The summed E-state index contributed by atoms with van der Waals surface area (Å²) in [5.41, 5.74) is 1.46. The van der Waals surface area contributed by atoms with Gasteiger partial charge in [-0.25, -0.2) is 4.39 Å². The van der Waals surface area contributed by atoms with Gasteiger partial charge in [-0.3, -0.25) is 4.79 Å². The molecule has 3 nitrogen and oxygen atoms in total. The van der Waals surface area contributed by atoms with E-state index in [0.717, 1.165) is 24.9 Å². The molecule has 4 heteroatoms. The van der Waals surface area contributed by atoms with Crippen LogP contribution in [-0.4, -0.2) is 25.0 Å². The van der Waals surface area contributed by atoms with E-state index < -0.39 is 0 Å². The number of nitrogens with zero attached hydrogens (tertiary/aromatic N) is 1. The second-order valence-electron chi connectivity index (χ2n) is 4.33. The van der Waals surface area contributed by atoms with Crippen LogP contribution in [0, 0.1) is 5.82 Å². The number of anilines is 1. The second-order valence-corrected chi connectivity index (χ2v) is 4.33. The van der Waals surface area contributed by atoms with E-state index in [1.807, 2.05) is 6.07 Å². The number of fused-ring (bicyclic) bond motifs is 3. The molecule has 1 N–H and O–H groups in total. The molecule has 0 bridgehead atoms. The van der Waals surface area contributed by atoms with Crippen molar-refractivity contribution in [3.8, 4) is 0 Å². The fourth-order valence-corrected chi connectivity index (χ4v) is 2.62. The van der Waals surface area contributed by atoms with Gasteiger partial charge in [0.25, 0.3) is 0 Å². The third-order valence-corrected chi connectivity index (χ3v) is 3.35. The van der Waals surface area contributed by atoms with Crippen molar-refractivity contribution in [3.63, 3.8) is 0 Å². The number of hydrogen-bond donors (Lipinski definition) is 1. The Morgan fingerprint density at radius 3 is 3.19 bits per heavy atom. The highest BCUT2D eigenvalue weighted by molar-refractivity contribution is 5.97. The number of halogens is 1. The SMILES string of the molecule is O=C1CNCC2CCc3cccc(F)c3N12. The van der Waals surface area contributed by atoms with Crippen LogP contribution >= 0.6 is 0 Å². The number of carbonyl (C=O) groups is 1. The lowest BCUT2D eigenvalue weighted by atomic mass is 9.94. The molecule has 0 aromatic heterocycles. The minimum Gasteiger partial charge on any atom is -0.306 e. The molecule has 84 valence electrons. The summed E-state index contributed by atoms with van der Waals surface area (Å²) in [5.74, 6) is -0.306. The number of nitrogens with one attached hydrogen (secondary N) is 1. The van der Waals surface area contributed by atoms with Crippen LogP contribution in [0.4, 0.5) is 10.1 Å². The number of carbonyl (C=O) groups excluding carboxylic acids is 1. The van der Waals surface area contributed by atoms with E-state index in [2.05, 4.69) is 5.32 Å². The van der Waals surface area contributed by atoms with Crippen molar-refractivity contribution >= 4 is 11.6 Å². The molecule has 2 aliphatic rings. The fraction of sp³-hybridized carbons (Fsp3) is 0.417. The van der Waals surface area contributed by atoms with Crippen LogP contribution in [0.2, 0.25) is 0 Å². The first kappa shape index (κ1) is 9.78. The highest BCUT2D eigenvalue weighted by Gasteiger charge is 2.35. The van der Waals surface area contributed by atoms with Crippen molar-refractivity contribution in [2.75, 3.05) is 18.0 Å². The average Bonchev–Trinajstić information content (AvgIpc) is 2.29. The summed E-state index contributed by atoms with van der Waals surface area (Å²) in [6.45, 7) is 1.07. The van der Waals surface area contributed by atoms with Crippen molar-refractivity contribution < 1.29 is 9.18 Å². The van der Waals surface area contributed by atoms with Crippen LogP contribution < -0.4 is 10.2 Å². The van der Waals surface area contributed by atoms with E-state index >= 15 is 0 Å². The summed E-state index contributed by atoms with van der Waals surface area (Å²) in [6, 6.07) is 5.16. The van der Waals surface area contributed by atoms with Gasteiger partial charge < -0.3 is 10.2 Å². The molecule has 1 unspecified atom stereocenters. The lowest BCUT2D eigenvalue weighted by Gasteiger charge is -2.40. The van der Waals surface area contributed by atoms with Gasteiger partial charge in [-0.2, -0.15) is 0 Å². The summed E-state index contributed by atoms with van der Waals surface area (Å²) in [5, 5.41) is 3.07. The van der Waals surface area contributed by atoms with Gasteiger partial charge in [0.2, 0.25) is 5.91 Å². The Kier molecular flexibility index (Phi) is 2.17. The predicted molar refractivity (Wildman–Crippen MR) is 58.9 cm³/mol. The van der Waals surface area contributed by atoms with E-state index in [1.165, 1.54) is 6.07 Å². The van der Waals surface area contributed by atoms with Gasteiger partial charge in [-0.05, 0) is 24.5 Å². The predicted octanol–water partition coefficient (Wildman–Crippen LogP) is 1.08. The quantitative estimate of drug-likeness (QED) is 0.709. The average molecular weight is 220 g/mol. The molecule has 1 fully saturated rings. The summed E-state index contributed by atoms with van der Waals surface area (Å²) in [4.78, 5) is 13.5. The number of aryl methyl sites for hydroxylation is 1. The lowest BCUT2D eigenvalue weighted by molar-refractivity contribution is -0.119. The van der Waals surface area contributed by atoms with Crippen LogP contribution in [-0.2, 0) is 11.2 Å². The summed E-state index contributed by atoms with van der Waals surface area (Å²) in [7, 11) is 0. The maximum Gasteiger partial charge on any atom is 0.241 e. The summed E-state index contributed by atoms with van der Waals surface area (Å²) < 4.78 is 13.8. The van der Waals surface area contributed by atoms with Crippen LogP contribution in [0.15, 0.2) is 18.2 Å². The van der Waals surface area contributed by atoms with Gasteiger partial charge in [0.05, 0.1) is 12.2 Å². The monoisotopic (exact) mass is 220 g/mol. The Bertz CT molecular complexity index is 447. The van der Waals surface area contributed by atoms with Gasteiger partial charge in [0, 0.05) is 12.6 Å². The van der Waals surface area contributed by atoms with Gasteiger partial charge >= 0.3 is 0 Å². The minimum atomic E-state index is -0.280. The molecule has 1 aromatic carbocycles. The zero-order valence-corrected chi connectivity index (χ0v) is 8.87. The molecule has 16 heavy (non-hydrogen) atoms. The molecule has 0 spiro atoms. The van der Waals surface area contributed by atoms with Crippen molar-refractivity contribution in [3.05, 3.63) is 29.6 Å². The van der Waals surface area contributed by atoms with E-state index in [0.29, 0.717) is 12.2 Å². The molecule has 0 radical (unpaired) electrons. The zero-order chi connectivity index (χ0) is 11.1. The molecule has 3 rings (SSSR count). The van der Waals surface area contributed by atoms with E-state index in [9.17, 15) is 9.18 Å². The van der Waals surface area contributed by atoms with Gasteiger partial charge in [0.1, 0.15) is 5.82 Å². The van der Waals surface area contributed by atoms with E-state index in [-0.39, 0.29) is 17.8 Å². The zero-order valence-electron chi connectivity index (χ0n) is 8.87.